The number of carboxylic acid groups (broad SMARTS) is 1. The quantitative estimate of drug-likeness (QED) is 0.300. The van der Waals surface area contributed by atoms with E-state index in [9.17, 15) is 28.3 Å². The molecule has 1 fully saturated rings. The third-order valence-electron chi connectivity index (χ3n) is 5.68. The van der Waals surface area contributed by atoms with Gasteiger partial charge in [0.2, 0.25) is 5.88 Å². The fraction of sp³-hybridized carbons (Fsp3) is 0.273. The molecule has 10 nitrogen and oxygen atoms in total. The number of nitrogens with one attached hydrogen (secondary N) is 1. The molecule has 12 heteroatoms. The van der Waals surface area contributed by atoms with Gasteiger partial charge in [0.1, 0.15) is 5.58 Å². The molecule has 0 spiro atoms. The molecule has 178 valence electrons. The normalized spacial score (nSPS) is 15.2. The van der Waals surface area contributed by atoms with Gasteiger partial charge in [-0.3, -0.25) is 24.9 Å². The highest BCUT2D eigenvalue weighted by atomic mass is 19.3. The molecule has 2 aromatic heterocycles. The van der Waals surface area contributed by atoms with E-state index in [1.165, 1.54) is 36.3 Å². The first kappa shape index (κ1) is 23.1. The van der Waals surface area contributed by atoms with Crippen molar-refractivity contribution in [1.82, 2.24) is 15.3 Å². The number of carbonyl (C=O) groups excluding carboxylic acids is 2. The number of furan rings is 1. The summed E-state index contributed by atoms with van der Waals surface area (Å²) in [5, 5.41) is 9.64. The Morgan fingerprint density at radius 3 is 2.50 bits per heavy atom. The Kier molecular flexibility index (Phi) is 5.92. The second-order valence-corrected chi connectivity index (χ2v) is 7.92. The van der Waals surface area contributed by atoms with Crippen molar-refractivity contribution in [2.24, 2.45) is 5.84 Å². The summed E-state index contributed by atoms with van der Waals surface area (Å²) in [5.74, 6) is 1.50. The number of carbonyl (C=O) groups is 3. The Morgan fingerprint density at radius 2 is 1.91 bits per heavy atom. The van der Waals surface area contributed by atoms with Gasteiger partial charge in [-0.05, 0) is 24.3 Å². The number of halogens is 2. The van der Waals surface area contributed by atoms with E-state index in [-0.39, 0.29) is 54.4 Å². The number of amides is 3. The van der Waals surface area contributed by atoms with E-state index in [2.05, 4.69) is 4.98 Å². The van der Waals surface area contributed by atoms with Crippen LogP contribution < -0.4 is 16.2 Å². The summed E-state index contributed by atoms with van der Waals surface area (Å²) in [4.78, 5) is 42.8. The van der Waals surface area contributed by atoms with Gasteiger partial charge in [-0.15, -0.1) is 0 Å². The topological polar surface area (TPSA) is 142 Å². The zero-order valence-corrected chi connectivity index (χ0v) is 18.0. The van der Waals surface area contributed by atoms with Crippen molar-refractivity contribution in [1.29, 1.82) is 0 Å². The van der Waals surface area contributed by atoms with Crippen LogP contribution in [0.3, 0.4) is 0 Å². The average molecular weight is 473 g/mol. The lowest BCUT2D eigenvalue weighted by Gasteiger charge is -2.31. The smallest absolute Gasteiger partial charge is 0.413 e. The Balaban J connectivity index is 1.66. The Morgan fingerprint density at radius 1 is 1.21 bits per heavy atom. The van der Waals surface area contributed by atoms with Crippen LogP contribution in [0.4, 0.5) is 19.5 Å². The lowest BCUT2D eigenvalue weighted by molar-refractivity contribution is -0.0494. The number of likely N-dealkylation sites (tertiary alicyclic amines) is 1. The van der Waals surface area contributed by atoms with Crippen LogP contribution in [0.1, 0.15) is 33.6 Å². The highest BCUT2D eigenvalue weighted by Crippen LogP contribution is 2.33. The van der Waals surface area contributed by atoms with Crippen LogP contribution in [0.15, 0.2) is 40.9 Å². The number of piperidine rings is 1. The number of hydrogen-bond acceptors (Lipinski definition) is 6. The van der Waals surface area contributed by atoms with E-state index in [0.29, 0.717) is 16.6 Å². The average Bonchev–Trinajstić information content (AvgIpc) is 3.26. The molecule has 1 aliphatic rings. The Hall–Kier alpha value is -4.06. The van der Waals surface area contributed by atoms with Gasteiger partial charge in [-0.1, -0.05) is 0 Å². The van der Waals surface area contributed by atoms with Crippen molar-refractivity contribution in [3.8, 4) is 11.3 Å². The minimum atomic E-state index is -2.75. The maximum absolute atomic E-state index is 13.4. The zero-order valence-electron chi connectivity index (χ0n) is 18.0. The Bertz CT molecular complexity index is 1260. The van der Waals surface area contributed by atoms with E-state index >= 15 is 0 Å². The molecule has 0 bridgehead atoms. The third-order valence-corrected chi connectivity index (χ3v) is 5.68. The summed E-state index contributed by atoms with van der Waals surface area (Å²) in [7, 11) is 1.30. The van der Waals surface area contributed by atoms with Gasteiger partial charge in [-0.25, -0.2) is 19.4 Å². The first-order chi connectivity index (χ1) is 16.1. The number of nitrogens with zero attached hydrogens (tertiary/aromatic N) is 3. The van der Waals surface area contributed by atoms with Gasteiger partial charge < -0.3 is 14.4 Å². The second-order valence-electron chi connectivity index (χ2n) is 7.92. The number of anilines is 1. The van der Waals surface area contributed by atoms with Crippen LogP contribution in [-0.4, -0.2) is 59.0 Å². The van der Waals surface area contributed by atoms with Crippen LogP contribution in [0.25, 0.3) is 22.2 Å². The zero-order chi connectivity index (χ0) is 24.6. The molecule has 3 amide bonds. The number of pyridine rings is 1. The van der Waals surface area contributed by atoms with E-state index in [0.717, 1.165) is 4.90 Å². The SMILES string of the molecule is CN(C(=O)O)c1cc2cc(-c3ccc(C(=O)N4CCC(F)(F)CC4)cn3)cc(C(=O)NN)c2o1. The fourth-order valence-electron chi connectivity index (χ4n) is 3.70. The van der Waals surface area contributed by atoms with Crippen LogP contribution in [0, 0.1) is 0 Å². The third kappa shape index (κ3) is 4.39. The molecule has 1 aliphatic heterocycles. The van der Waals surface area contributed by atoms with Gasteiger partial charge in [0.05, 0.1) is 16.8 Å². The molecular weight excluding hydrogens is 452 g/mol. The largest absolute Gasteiger partial charge is 0.465 e. The number of nitrogen functional groups attached to an aromatic ring is 1. The highest BCUT2D eigenvalue weighted by molar-refractivity contribution is 6.07. The summed E-state index contributed by atoms with van der Waals surface area (Å²) >= 11 is 0. The van der Waals surface area contributed by atoms with E-state index in [1.54, 1.807) is 12.1 Å². The molecule has 3 aromatic rings. The molecule has 0 saturated carbocycles. The first-order valence-electron chi connectivity index (χ1n) is 10.3. The molecule has 0 atom stereocenters. The van der Waals surface area contributed by atoms with E-state index < -0.39 is 17.9 Å². The number of fused-ring (bicyclic) bond motifs is 1. The van der Waals surface area contributed by atoms with Crippen molar-refractivity contribution < 1.29 is 32.7 Å². The van der Waals surface area contributed by atoms with E-state index in [1.807, 2.05) is 5.43 Å². The van der Waals surface area contributed by atoms with Crippen molar-refractivity contribution in [2.75, 3.05) is 25.0 Å². The predicted molar refractivity (Wildman–Crippen MR) is 118 cm³/mol. The number of rotatable bonds is 4. The van der Waals surface area contributed by atoms with Gasteiger partial charge in [0.15, 0.2) is 0 Å². The lowest BCUT2D eigenvalue weighted by Crippen LogP contribution is -2.42. The summed E-state index contributed by atoms with van der Waals surface area (Å²) in [5.41, 5.74) is 3.40. The van der Waals surface area contributed by atoms with Crippen molar-refractivity contribution >= 4 is 34.8 Å². The summed E-state index contributed by atoms with van der Waals surface area (Å²) in [6.07, 6.45) is -0.653. The monoisotopic (exact) mass is 473 g/mol. The molecule has 1 aromatic carbocycles. The number of hydrogen-bond donors (Lipinski definition) is 3. The molecule has 34 heavy (non-hydrogen) atoms. The molecule has 4 rings (SSSR count). The number of benzene rings is 1. The number of aromatic nitrogens is 1. The van der Waals surface area contributed by atoms with Gasteiger partial charge in [0, 0.05) is 56.2 Å². The molecule has 0 radical (unpaired) electrons. The fourth-order valence-corrected chi connectivity index (χ4v) is 3.70. The molecule has 0 aliphatic carbocycles. The van der Waals surface area contributed by atoms with Crippen molar-refractivity contribution in [3.63, 3.8) is 0 Å². The Labute approximate surface area is 191 Å². The summed E-state index contributed by atoms with van der Waals surface area (Å²) in [6, 6.07) is 7.70. The van der Waals surface area contributed by atoms with Crippen LogP contribution >= 0.6 is 0 Å². The lowest BCUT2D eigenvalue weighted by atomic mass is 10.0. The predicted octanol–water partition coefficient (Wildman–Crippen LogP) is 3.08. The molecular formula is C22H21F2N5O5. The standard InChI is InChI=1S/C22H21F2N5O5/c1-28(21(32)33)17-10-14-8-13(9-15(18(14)34-17)19(30)27-25)16-3-2-12(11-26-16)20(31)29-6-4-22(23,24)5-7-29/h2-3,8-11H,4-7,25H2,1H3,(H,27,30)(H,32,33). The number of alkyl halides is 2. The van der Waals surface area contributed by atoms with E-state index in [4.69, 9.17) is 10.3 Å². The molecule has 4 N–H and O–H groups in total. The molecule has 3 heterocycles. The van der Waals surface area contributed by atoms with Crippen molar-refractivity contribution in [2.45, 2.75) is 18.8 Å². The highest BCUT2D eigenvalue weighted by Gasteiger charge is 2.35. The van der Waals surface area contributed by atoms with Gasteiger partial charge in [0.25, 0.3) is 17.7 Å². The number of nitrogens with two attached hydrogens (primary N) is 1. The maximum atomic E-state index is 13.4. The van der Waals surface area contributed by atoms with Gasteiger partial charge in [-0.2, -0.15) is 0 Å². The van der Waals surface area contributed by atoms with Crippen LogP contribution in [0.2, 0.25) is 0 Å². The minimum Gasteiger partial charge on any atom is -0.465 e. The molecule has 0 unspecified atom stereocenters. The molecule has 1 saturated heterocycles. The summed E-state index contributed by atoms with van der Waals surface area (Å²) in [6.45, 7) is -0.0646. The van der Waals surface area contributed by atoms with Crippen LogP contribution in [0.5, 0.6) is 0 Å². The van der Waals surface area contributed by atoms with Crippen molar-refractivity contribution in [3.05, 3.63) is 47.7 Å². The van der Waals surface area contributed by atoms with Crippen LogP contribution in [-0.2, 0) is 0 Å². The summed E-state index contributed by atoms with van der Waals surface area (Å²) < 4.78 is 32.3. The first-order valence-corrected chi connectivity index (χ1v) is 10.3. The second kappa shape index (κ2) is 8.71. The van der Waals surface area contributed by atoms with Gasteiger partial charge >= 0.3 is 6.09 Å². The minimum absolute atomic E-state index is 0.00624. The maximum Gasteiger partial charge on any atom is 0.413 e. The number of hydrazine groups is 1.